The lowest BCUT2D eigenvalue weighted by Gasteiger charge is -2.38. The fraction of sp³-hybridized carbons (Fsp3) is 0.786. The van der Waals surface area contributed by atoms with E-state index in [0.717, 1.165) is 26.2 Å². The predicted molar refractivity (Wildman–Crippen MR) is 76.2 cm³/mol. The van der Waals surface area contributed by atoms with Crippen molar-refractivity contribution in [3.63, 3.8) is 0 Å². The van der Waals surface area contributed by atoms with E-state index in [-0.39, 0.29) is 12.1 Å². The number of hydrogen-bond donors (Lipinski definition) is 1. The van der Waals surface area contributed by atoms with Gasteiger partial charge in [-0.05, 0) is 33.9 Å². The molecule has 1 fully saturated rings. The number of rotatable bonds is 5. The molecule has 0 aliphatic carbocycles. The molecule has 19 heavy (non-hydrogen) atoms. The average Bonchev–Trinajstić information content (AvgIpc) is 2.88. The Labute approximate surface area is 115 Å². The highest BCUT2D eigenvalue weighted by Crippen LogP contribution is 2.23. The van der Waals surface area contributed by atoms with Crippen LogP contribution in [0.2, 0.25) is 0 Å². The second kappa shape index (κ2) is 6.50. The van der Waals surface area contributed by atoms with Crippen LogP contribution in [0.25, 0.3) is 0 Å². The third-order valence-electron chi connectivity index (χ3n) is 3.91. The van der Waals surface area contributed by atoms with E-state index in [1.807, 2.05) is 17.9 Å². The average molecular weight is 266 g/mol. The molecule has 2 heterocycles. The molecule has 1 saturated heterocycles. The van der Waals surface area contributed by atoms with Crippen LogP contribution in [0.4, 0.5) is 0 Å². The summed E-state index contributed by atoms with van der Waals surface area (Å²) in [5.41, 5.74) is 1.21. The molecule has 0 aromatic carbocycles. The van der Waals surface area contributed by atoms with E-state index in [9.17, 15) is 0 Å². The smallest absolute Gasteiger partial charge is 0.0912 e. The Hall–Kier alpha value is -0.910. The van der Waals surface area contributed by atoms with Crippen molar-refractivity contribution < 1.29 is 4.74 Å². The van der Waals surface area contributed by atoms with Crippen molar-refractivity contribution in [3.8, 4) is 0 Å². The summed E-state index contributed by atoms with van der Waals surface area (Å²) in [5, 5.41) is 7.76. The Bertz CT molecular complexity index is 391. The zero-order valence-electron chi connectivity index (χ0n) is 12.5. The molecule has 0 spiro atoms. The van der Waals surface area contributed by atoms with Gasteiger partial charge in [0, 0.05) is 31.9 Å². The van der Waals surface area contributed by atoms with Crippen LogP contribution in [0.3, 0.4) is 0 Å². The van der Waals surface area contributed by atoms with E-state index < -0.39 is 0 Å². The molecule has 1 aliphatic rings. The Morgan fingerprint density at radius 2 is 2.32 bits per heavy atom. The van der Waals surface area contributed by atoms with Crippen molar-refractivity contribution in [2.45, 2.75) is 45.5 Å². The summed E-state index contributed by atoms with van der Waals surface area (Å²) in [4.78, 5) is 2.48. The van der Waals surface area contributed by atoms with E-state index in [1.54, 1.807) is 0 Å². The van der Waals surface area contributed by atoms with Crippen LogP contribution in [0, 0.1) is 0 Å². The summed E-state index contributed by atoms with van der Waals surface area (Å²) in [7, 11) is 2.00. The van der Waals surface area contributed by atoms with E-state index in [4.69, 9.17) is 4.74 Å². The summed E-state index contributed by atoms with van der Waals surface area (Å²) in [5.74, 6) is 0. The van der Waals surface area contributed by atoms with Gasteiger partial charge in [-0.25, -0.2) is 0 Å². The van der Waals surface area contributed by atoms with Gasteiger partial charge in [-0.15, -0.1) is 0 Å². The van der Waals surface area contributed by atoms with Gasteiger partial charge < -0.3 is 10.1 Å². The second-order valence-corrected chi connectivity index (χ2v) is 5.34. The molecule has 1 aromatic heterocycles. The molecule has 0 bridgehead atoms. The molecule has 1 N–H and O–H groups in total. The fourth-order valence-corrected chi connectivity index (χ4v) is 2.76. The molecule has 5 heteroatoms. The van der Waals surface area contributed by atoms with Crippen LogP contribution in [-0.4, -0.2) is 53.6 Å². The maximum atomic E-state index is 5.99. The number of aromatic nitrogens is 2. The monoisotopic (exact) mass is 266 g/mol. The molecular weight excluding hydrogens is 240 g/mol. The molecule has 5 nitrogen and oxygen atoms in total. The van der Waals surface area contributed by atoms with Gasteiger partial charge >= 0.3 is 0 Å². The lowest BCUT2D eigenvalue weighted by Crippen LogP contribution is -2.50. The summed E-state index contributed by atoms with van der Waals surface area (Å²) in [6.07, 6.45) is 2.05. The fourth-order valence-electron chi connectivity index (χ4n) is 2.76. The van der Waals surface area contributed by atoms with Crippen molar-refractivity contribution in [1.82, 2.24) is 20.0 Å². The molecule has 0 saturated carbocycles. The van der Waals surface area contributed by atoms with Gasteiger partial charge in [0.1, 0.15) is 0 Å². The first-order valence-corrected chi connectivity index (χ1v) is 7.22. The third-order valence-corrected chi connectivity index (χ3v) is 3.91. The maximum Gasteiger partial charge on any atom is 0.0912 e. The van der Waals surface area contributed by atoms with Crippen molar-refractivity contribution in [3.05, 3.63) is 18.0 Å². The van der Waals surface area contributed by atoms with Gasteiger partial charge in [-0.3, -0.25) is 9.58 Å². The molecule has 2 rings (SSSR count). The molecule has 0 amide bonds. The summed E-state index contributed by atoms with van der Waals surface area (Å²) < 4.78 is 8.03. The molecule has 2 atom stereocenters. The molecular formula is C14H26N4O. The van der Waals surface area contributed by atoms with Crippen molar-refractivity contribution in [2.75, 3.05) is 26.7 Å². The number of aryl methyl sites for hydroxylation is 1. The Morgan fingerprint density at radius 3 is 2.95 bits per heavy atom. The van der Waals surface area contributed by atoms with E-state index in [0.29, 0.717) is 6.04 Å². The Kier molecular flexibility index (Phi) is 4.96. The zero-order valence-corrected chi connectivity index (χ0v) is 12.5. The SMILES string of the molecule is CCn1nccc1C(NC)C1CN(C(C)C)CCO1. The predicted octanol–water partition coefficient (Wildman–Crippen LogP) is 1.27. The van der Waals surface area contributed by atoms with E-state index in [2.05, 4.69) is 42.2 Å². The highest BCUT2D eigenvalue weighted by Gasteiger charge is 2.30. The minimum absolute atomic E-state index is 0.183. The van der Waals surface area contributed by atoms with Crippen LogP contribution in [0.5, 0.6) is 0 Å². The van der Waals surface area contributed by atoms with Gasteiger partial charge in [0.05, 0.1) is 24.4 Å². The first-order chi connectivity index (χ1) is 9.17. The molecule has 108 valence electrons. The summed E-state index contributed by atoms with van der Waals surface area (Å²) in [6.45, 7) is 10.3. The molecule has 1 aromatic rings. The number of morpholine rings is 1. The number of ether oxygens (including phenoxy) is 1. The van der Waals surface area contributed by atoms with E-state index >= 15 is 0 Å². The first kappa shape index (κ1) is 14.5. The van der Waals surface area contributed by atoms with Crippen LogP contribution in [0.15, 0.2) is 12.3 Å². The van der Waals surface area contributed by atoms with Crippen LogP contribution < -0.4 is 5.32 Å². The highest BCUT2D eigenvalue weighted by atomic mass is 16.5. The largest absolute Gasteiger partial charge is 0.374 e. The van der Waals surface area contributed by atoms with Gasteiger partial charge in [-0.2, -0.15) is 5.10 Å². The minimum atomic E-state index is 0.183. The van der Waals surface area contributed by atoms with Crippen LogP contribution in [-0.2, 0) is 11.3 Å². The van der Waals surface area contributed by atoms with Gasteiger partial charge in [0.15, 0.2) is 0 Å². The molecule has 2 unspecified atom stereocenters. The van der Waals surface area contributed by atoms with Crippen LogP contribution >= 0.6 is 0 Å². The first-order valence-electron chi connectivity index (χ1n) is 7.22. The maximum absolute atomic E-state index is 5.99. The standard InChI is InChI=1S/C14H26N4O/c1-5-18-12(6-7-16-18)14(15-4)13-10-17(11(2)3)8-9-19-13/h6-7,11,13-15H,5,8-10H2,1-4H3. The second-order valence-electron chi connectivity index (χ2n) is 5.34. The normalized spacial score (nSPS) is 22.9. The Balaban J connectivity index is 2.13. The number of nitrogens with one attached hydrogen (secondary N) is 1. The highest BCUT2D eigenvalue weighted by molar-refractivity contribution is 5.10. The quantitative estimate of drug-likeness (QED) is 0.871. The van der Waals surface area contributed by atoms with Gasteiger partial charge in [-0.1, -0.05) is 0 Å². The minimum Gasteiger partial charge on any atom is -0.374 e. The van der Waals surface area contributed by atoms with Gasteiger partial charge in [0.2, 0.25) is 0 Å². The molecule has 1 aliphatic heterocycles. The molecule has 0 radical (unpaired) electrons. The van der Waals surface area contributed by atoms with Crippen molar-refractivity contribution in [1.29, 1.82) is 0 Å². The summed E-state index contributed by atoms with van der Waals surface area (Å²) in [6, 6.07) is 2.85. The topological polar surface area (TPSA) is 42.3 Å². The summed E-state index contributed by atoms with van der Waals surface area (Å²) >= 11 is 0. The zero-order chi connectivity index (χ0) is 13.8. The lowest BCUT2D eigenvalue weighted by molar-refractivity contribution is -0.0562. The number of nitrogens with zero attached hydrogens (tertiary/aromatic N) is 3. The van der Waals surface area contributed by atoms with Crippen molar-refractivity contribution in [2.24, 2.45) is 0 Å². The third kappa shape index (κ3) is 3.16. The lowest BCUT2D eigenvalue weighted by atomic mass is 10.0. The Morgan fingerprint density at radius 1 is 1.53 bits per heavy atom. The van der Waals surface area contributed by atoms with E-state index in [1.165, 1.54) is 5.69 Å². The van der Waals surface area contributed by atoms with Crippen molar-refractivity contribution >= 4 is 0 Å². The number of likely N-dealkylation sites (N-methyl/N-ethyl adjacent to an activating group) is 1. The van der Waals surface area contributed by atoms with Crippen LogP contribution in [0.1, 0.15) is 32.5 Å². The van der Waals surface area contributed by atoms with Gasteiger partial charge in [0.25, 0.3) is 0 Å². The number of hydrogen-bond acceptors (Lipinski definition) is 4.